The zero-order valence-corrected chi connectivity index (χ0v) is 19.5. The monoisotopic (exact) mass is 462 g/mol. The Morgan fingerprint density at radius 2 is 2.00 bits per heavy atom. The summed E-state index contributed by atoms with van der Waals surface area (Å²) in [5.74, 6) is 0.732. The molecular formula is C25H30N6O3. The number of hydrogen-bond donors (Lipinski definition) is 1. The van der Waals surface area contributed by atoms with E-state index in [4.69, 9.17) is 9.47 Å². The molecule has 9 heteroatoms. The molecule has 9 nitrogen and oxygen atoms in total. The van der Waals surface area contributed by atoms with Crippen molar-refractivity contribution in [3.63, 3.8) is 0 Å². The van der Waals surface area contributed by atoms with Gasteiger partial charge in [0.05, 0.1) is 30.8 Å². The maximum Gasteiger partial charge on any atom is 0.261 e. The van der Waals surface area contributed by atoms with Crippen LogP contribution in [0.5, 0.6) is 5.75 Å². The molecule has 3 aromatic rings. The number of benzene rings is 1. The Morgan fingerprint density at radius 3 is 2.79 bits per heavy atom. The Morgan fingerprint density at radius 1 is 1.18 bits per heavy atom. The number of morpholine rings is 1. The van der Waals surface area contributed by atoms with Crippen molar-refractivity contribution in [2.45, 2.75) is 31.8 Å². The van der Waals surface area contributed by atoms with Gasteiger partial charge in [-0.2, -0.15) is 5.10 Å². The molecule has 1 amide bonds. The highest BCUT2D eigenvalue weighted by molar-refractivity contribution is 6.09. The SMILES string of the molecule is CCN1CCC2(CC1)Cc1cc(NC(=O)c3cnn4cccnc34)c(N3CCOCC3)cc1O2. The number of fused-ring (bicyclic) bond motifs is 2. The van der Waals surface area contributed by atoms with Gasteiger partial charge in [-0.3, -0.25) is 4.79 Å². The summed E-state index contributed by atoms with van der Waals surface area (Å²) >= 11 is 0. The molecule has 0 aliphatic carbocycles. The van der Waals surface area contributed by atoms with E-state index in [0.717, 1.165) is 74.7 Å². The van der Waals surface area contributed by atoms with E-state index >= 15 is 0 Å². The second kappa shape index (κ2) is 8.56. The standard InChI is InChI=1S/C25H30N6O3/c1-2-29-8-4-25(5-9-29)16-18-14-20(21(15-22(18)34-25)30-10-12-33-13-11-30)28-24(32)19-17-27-31-7-3-6-26-23(19)31/h3,6-7,14-15,17H,2,4-5,8-13,16H2,1H3,(H,28,32). The van der Waals surface area contributed by atoms with Gasteiger partial charge in [-0.15, -0.1) is 0 Å². The molecule has 3 aliphatic rings. The van der Waals surface area contributed by atoms with Crippen LogP contribution in [0.1, 0.15) is 35.7 Å². The number of carbonyl (C=O) groups excluding carboxylic acids is 1. The quantitative estimate of drug-likeness (QED) is 0.638. The molecule has 1 N–H and O–H groups in total. The Bertz CT molecular complexity index is 1210. The van der Waals surface area contributed by atoms with Gasteiger partial charge in [-0.05, 0) is 18.7 Å². The molecule has 0 atom stereocenters. The molecule has 34 heavy (non-hydrogen) atoms. The lowest BCUT2D eigenvalue weighted by molar-refractivity contribution is 0.0211. The fourth-order valence-electron chi connectivity index (χ4n) is 5.36. The van der Waals surface area contributed by atoms with Gasteiger partial charge in [0.25, 0.3) is 5.91 Å². The third-order valence-electron chi connectivity index (χ3n) is 7.36. The Hall–Kier alpha value is -3.17. The van der Waals surface area contributed by atoms with E-state index in [1.54, 1.807) is 29.2 Å². The van der Waals surface area contributed by atoms with Gasteiger partial charge < -0.3 is 24.6 Å². The third kappa shape index (κ3) is 3.78. The van der Waals surface area contributed by atoms with Gasteiger partial charge >= 0.3 is 0 Å². The average Bonchev–Trinajstić information content (AvgIpc) is 3.45. The van der Waals surface area contributed by atoms with Crippen molar-refractivity contribution in [3.05, 3.63) is 47.9 Å². The Labute approximate surface area is 198 Å². The first-order valence-corrected chi connectivity index (χ1v) is 12.1. The summed E-state index contributed by atoms with van der Waals surface area (Å²) in [6, 6.07) is 6.02. The summed E-state index contributed by atoms with van der Waals surface area (Å²) in [6.45, 7) is 8.30. The van der Waals surface area contributed by atoms with E-state index < -0.39 is 0 Å². The van der Waals surface area contributed by atoms with Gasteiger partial charge in [-0.1, -0.05) is 6.92 Å². The number of aromatic nitrogens is 3. The molecular weight excluding hydrogens is 432 g/mol. The van der Waals surface area contributed by atoms with Crippen LogP contribution in [0.4, 0.5) is 11.4 Å². The lowest BCUT2D eigenvalue weighted by atomic mass is 9.87. The van der Waals surface area contributed by atoms with Crippen molar-refractivity contribution >= 4 is 22.9 Å². The number of nitrogens with zero attached hydrogens (tertiary/aromatic N) is 5. The van der Waals surface area contributed by atoms with Crippen LogP contribution in [0.25, 0.3) is 5.65 Å². The topological polar surface area (TPSA) is 84.2 Å². The Balaban J connectivity index is 1.32. The molecule has 0 bridgehead atoms. The molecule has 0 unspecified atom stereocenters. The van der Waals surface area contributed by atoms with Crippen molar-refractivity contribution in [2.75, 3.05) is 56.2 Å². The van der Waals surface area contributed by atoms with Crippen LogP contribution >= 0.6 is 0 Å². The van der Waals surface area contributed by atoms with Crippen LogP contribution in [-0.4, -0.2) is 76.9 Å². The minimum absolute atomic E-state index is 0.134. The van der Waals surface area contributed by atoms with E-state index in [0.29, 0.717) is 24.4 Å². The zero-order valence-electron chi connectivity index (χ0n) is 19.5. The lowest BCUT2D eigenvalue weighted by Gasteiger charge is -2.38. The van der Waals surface area contributed by atoms with Crippen LogP contribution in [-0.2, 0) is 11.2 Å². The normalized spacial score (nSPS) is 19.9. The van der Waals surface area contributed by atoms with E-state index in [1.807, 2.05) is 0 Å². The van der Waals surface area contributed by atoms with Crippen LogP contribution in [0.3, 0.4) is 0 Å². The van der Waals surface area contributed by atoms with Crippen LogP contribution in [0, 0.1) is 0 Å². The van der Waals surface area contributed by atoms with E-state index in [-0.39, 0.29) is 11.5 Å². The molecule has 2 aromatic heterocycles. The molecule has 0 saturated carbocycles. The summed E-state index contributed by atoms with van der Waals surface area (Å²) in [6.07, 6.45) is 7.96. The molecule has 1 aromatic carbocycles. The van der Waals surface area contributed by atoms with Gasteiger partial charge in [0.15, 0.2) is 5.65 Å². The van der Waals surface area contributed by atoms with Crippen LogP contribution in [0.15, 0.2) is 36.8 Å². The number of rotatable bonds is 4. The van der Waals surface area contributed by atoms with E-state index in [1.165, 1.54) is 0 Å². The summed E-state index contributed by atoms with van der Waals surface area (Å²) in [7, 11) is 0. The van der Waals surface area contributed by atoms with E-state index in [2.05, 4.69) is 44.3 Å². The summed E-state index contributed by atoms with van der Waals surface area (Å²) in [5, 5.41) is 7.43. The number of ether oxygens (including phenoxy) is 2. The predicted molar refractivity (Wildman–Crippen MR) is 129 cm³/mol. The molecule has 6 rings (SSSR count). The van der Waals surface area contributed by atoms with E-state index in [9.17, 15) is 4.79 Å². The third-order valence-corrected chi connectivity index (χ3v) is 7.36. The number of hydrogen-bond acceptors (Lipinski definition) is 7. The smallest absolute Gasteiger partial charge is 0.261 e. The lowest BCUT2D eigenvalue weighted by Crippen LogP contribution is -2.47. The number of amides is 1. The summed E-state index contributed by atoms with van der Waals surface area (Å²) in [4.78, 5) is 22.4. The van der Waals surface area contributed by atoms with Crippen LogP contribution in [0.2, 0.25) is 0 Å². The number of nitrogens with one attached hydrogen (secondary N) is 1. The predicted octanol–water partition coefficient (Wildman–Crippen LogP) is 2.61. The minimum atomic E-state index is -0.215. The van der Waals surface area contributed by atoms with Crippen LogP contribution < -0.4 is 15.0 Å². The molecule has 3 aliphatic heterocycles. The van der Waals surface area contributed by atoms with Gasteiger partial charge in [0.1, 0.15) is 16.9 Å². The van der Waals surface area contributed by atoms with Crippen molar-refractivity contribution in [3.8, 4) is 5.75 Å². The number of likely N-dealkylation sites (tertiary alicyclic amines) is 1. The molecule has 5 heterocycles. The number of anilines is 2. The zero-order chi connectivity index (χ0) is 23.1. The minimum Gasteiger partial charge on any atom is -0.486 e. The highest BCUT2D eigenvalue weighted by atomic mass is 16.5. The van der Waals surface area contributed by atoms with Gasteiger partial charge in [0.2, 0.25) is 0 Å². The van der Waals surface area contributed by atoms with Crippen molar-refractivity contribution in [2.24, 2.45) is 0 Å². The molecule has 1 spiro atoms. The fourth-order valence-corrected chi connectivity index (χ4v) is 5.36. The molecule has 178 valence electrons. The molecule has 2 fully saturated rings. The van der Waals surface area contributed by atoms with Crippen molar-refractivity contribution in [1.82, 2.24) is 19.5 Å². The summed E-state index contributed by atoms with van der Waals surface area (Å²) < 4.78 is 13.8. The maximum atomic E-state index is 13.3. The number of piperidine rings is 1. The first-order chi connectivity index (χ1) is 16.6. The summed E-state index contributed by atoms with van der Waals surface area (Å²) in [5.41, 5.74) is 3.80. The van der Waals surface area contributed by atoms with Gasteiger partial charge in [-0.25, -0.2) is 9.50 Å². The van der Waals surface area contributed by atoms with Crippen molar-refractivity contribution < 1.29 is 14.3 Å². The molecule has 0 radical (unpaired) electrons. The second-order valence-electron chi connectivity index (χ2n) is 9.37. The average molecular weight is 463 g/mol. The first kappa shape index (κ1) is 21.4. The highest BCUT2D eigenvalue weighted by Gasteiger charge is 2.42. The Kier molecular flexibility index (Phi) is 5.38. The van der Waals surface area contributed by atoms with Gasteiger partial charge in [0, 0.05) is 69.5 Å². The largest absolute Gasteiger partial charge is 0.486 e. The first-order valence-electron chi connectivity index (χ1n) is 12.1. The maximum absolute atomic E-state index is 13.3. The highest BCUT2D eigenvalue weighted by Crippen LogP contribution is 2.45. The fraction of sp³-hybridized carbons (Fsp3) is 0.480. The second-order valence-corrected chi connectivity index (χ2v) is 9.37. The van der Waals surface area contributed by atoms with Crippen molar-refractivity contribution in [1.29, 1.82) is 0 Å². The number of carbonyl (C=O) groups is 1. The molecule has 2 saturated heterocycles.